The third kappa shape index (κ3) is 2.71. The van der Waals surface area contributed by atoms with Gasteiger partial charge in [0.25, 0.3) is 0 Å². The van der Waals surface area contributed by atoms with Crippen molar-refractivity contribution in [1.82, 2.24) is 0 Å². The fourth-order valence-corrected chi connectivity index (χ4v) is 1.33. The van der Waals surface area contributed by atoms with Crippen LogP contribution in [0.3, 0.4) is 0 Å². The highest BCUT2D eigenvalue weighted by atomic mass is 14.5. The molecule has 0 saturated heterocycles. The Kier molecular flexibility index (Phi) is 3.71. The first-order chi connectivity index (χ1) is 6.27. The predicted octanol–water partition coefficient (Wildman–Crippen LogP) is 2.61. The summed E-state index contributed by atoms with van der Waals surface area (Å²) in [5, 5.41) is 0. The van der Waals surface area contributed by atoms with E-state index in [-0.39, 0.29) is 0 Å². The number of hydrogen-bond acceptors (Lipinski definition) is 1. The first-order valence-electron chi connectivity index (χ1n) is 4.75. The van der Waals surface area contributed by atoms with Crippen LogP contribution in [0.1, 0.15) is 24.5 Å². The van der Waals surface area contributed by atoms with Gasteiger partial charge in [-0.05, 0) is 36.1 Å². The average molecular weight is 175 g/mol. The largest absolute Gasteiger partial charge is 0.330 e. The standard InChI is InChI=1S/C12H17N/c1-3-11-5-4-6-12(9-11)10(2)7-8-13/h4-6,9H,2-3,7-8,13H2,1H3. The number of aryl methyl sites for hydroxylation is 1. The van der Waals surface area contributed by atoms with Crippen LogP contribution in [0.4, 0.5) is 0 Å². The Morgan fingerprint density at radius 1 is 1.46 bits per heavy atom. The third-order valence-corrected chi connectivity index (χ3v) is 2.19. The number of nitrogens with two attached hydrogens (primary N) is 1. The minimum atomic E-state index is 0.676. The summed E-state index contributed by atoms with van der Waals surface area (Å²) in [6, 6.07) is 8.50. The smallest absolute Gasteiger partial charge is 0.00367 e. The second-order valence-corrected chi connectivity index (χ2v) is 3.20. The minimum Gasteiger partial charge on any atom is -0.330 e. The fraction of sp³-hybridized carbons (Fsp3) is 0.333. The fourth-order valence-electron chi connectivity index (χ4n) is 1.33. The lowest BCUT2D eigenvalue weighted by molar-refractivity contribution is 1.02. The molecule has 0 aliphatic rings. The van der Waals surface area contributed by atoms with Crippen LogP contribution in [0.25, 0.3) is 5.57 Å². The molecule has 70 valence electrons. The van der Waals surface area contributed by atoms with E-state index in [1.165, 1.54) is 11.1 Å². The van der Waals surface area contributed by atoms with Crippen molar-refractivity contribution in [3.63, 3.8) is 0 Å². The van der Waals surface area contributed by atoms with Gasteiger partial charge in [0.05, 0.1) is 0 Å². The van der Waals surface area contributed by atoms with Crippen LogP contribution < -0.4 is 5.73 Å². The maximum Gasteiger partial charge on any atom is -0.00367 e. The molecule has 0 amide bonds. The molecule has 0 unspecified atom stereocenters. The predicted molar refractivity (Wildman–Crippen MR) is 58.5 cm³/mol. The normalized spacial score (nSPS) is 10.0. The van der Waals surface area contributed by atoms with Gasteiger partial charge >= 0.3 is 0 Å². The van der Waals surface area contributed by atoms with Crippen molar-refractivity contribution >= 4 is 5.57 Å². The zero-order valence-corrected chi connectivity index (χ0v) is 8.22. The Balaban J connectivity index is 2.82. The molecule has 1 rings (SSSR count). The summed E-state index contributed by atoms with van der Waals surface area (Å²) in [7, 11) is 0. The summed E-state index contributed by atoms with van der Waals surface area (Å²) >= 11 is 0. The van der Waals surface area contributed by atoms with Crippen molar-refractivity contribution in [2.24, 2.45) is 5.73 Å². The van der Waals surface area contributed by atoms with Crippen LogP contribution in [-0.4, -0.2) is 6.54 Å². The molecule has 0 saturated carbocycles. The van der Waals surface area contributed by atoms with Gasteiger partial charge in [-0.25, -0.2) is 0 Å². The van der Waals surface area contributed by atoms with Crippen LogP contribution in [0.5, 0.6) is 0 Å². The van der Waals surface area contributed by atoms with Gasteiger partial charge in [0, 0.05) is 0 Å². The van der Waals surface area contributed by atoms with Gasteiger partial charge in [-0.3, -0.25) is 0 Å². The Morgan fingerprint density at radius 2 is 2.23 bits per heavy atom. The molecule has 0 aromatic heterocycles. The maximum atomic E-state index is 5.48. The molecular weight excluding hydrogens is 158 g/mol. The molecule has 1 aromatic rings. The molecule has 0 heterocycles. The Bertz CT molecular complexity index is 289. The SMILES string of the molecule is C=C(CCN)c1cccc(CC)c1. The molecule has 1 heteroatoms. The first kappa shape index (κ1) is 10.0. The van der Waals surface area contributed by atoms with Gasteiger partial charge in [-0.15, -0.1) is 0 Å². The second kappa shape index (κ2) is 4.83. The summed E-state index contributed by atoms with van der Waals surface area (Å²) in [5.74, 6) is 0. The van der Waals surface area contributed by atoms with Crippen molar-refractivity contribution in [2.45, 2.75) is 19.8 Å². The summed E-state index contributed by atoms with van der Waals surface area (Å²) in [4.78, 5) is 0. The topological polar surface area (TPSA) is 26.0 Å². The summed E-state index contributed by atoms with van der Waals surface area (Å²) in [6.45, 7) is 6.84. The summed E-state index contributed by atoms with van der Waals surface area (Å²) < 4.78 is 0. The number of hydrogen-bond donors (Lipinski definition) is 1. The molecule has 2 N–H and O–H groups in total. The number of rotatable bonds is 4. The second-order valence-electron chi connectivity index (χ2n) is 3.20. The molecule has 1 nitrogen and oxygen atoms in total. The molecule has 0 aliphatic carbocycles. The highest BCUT2D eigenvalue weighted by Gasteiger charge is 1.98. The van der Waals surface area contributed by atoms with Gasteiger partial charge < -0.3 is 5.73 Å². The average Bonchev–Trinajstić information content (AvgIpc) is 2.18. The maximum absolute atomic E-state index is 5.48. The quantitative estimate of drug-likeness (QED) is 0.748. The van der Waals surface area contributed by atoms with E-state index in [2.05, 4.69) is 37.8 Å². The van der Waals surface area contributed by atoms with Crippen LogP contribution in [0, 0.1) is 0 Å². The lowest BCUT2D eigenvalue weighted by atomic mass is 10.0. The van der Waals surface area contributed by atoms with Crippen molar-refractivity contribution in [1.29, 1.82) is 0 Å². The Hall–Kier alpha value is -1.08. The molecule has 13 heavy (non-hydrogen) atoms. The van der Waals surface area contributed by atoms with E-state index in [4.69, 9.17) is 5.73 Å². The van der Waals surface area contributed by atoms with E-state index in [0.29, 0.717) is 6.54 Å². The van der Waals surface area contributed by atoms with E-state index in [0.717, 1.165) is 18.4 Å². The molecule has 0 bridgehead atoms. The lowest BCUT2D eigenvalue weighted by Gasteiger charge is -2.05. The summed E-state index contributed by atoms with van der Waals surface area (Å²) in [5.41, 5.74) is 9.20. The third-order valence-electron chi connectivity index (χ3n) is 2.19. The molecular formula is C12H17N. The molecule has 0 spiro atoms. The van der Waals surface area contributed by atoms with Crippen LogP contribution >= 0.6 is 0 Å². The van der Waals surface area contributed by atoms with Crippen LogP contribution in [0.2, 0.25) is 0 Å². The van der Waals surface area contributed by atoms with Crippen molar-refractivity contribution in [2.75, 3.05) is 6.54 Å². The van der Waals surface area contributed by atoms with Gasteiger partial charge in [0.1, 0.15) is 0 Å². The van der Waals surface area contributed by atoms with Gasteiger partial charge in [-0.1, -0.05) is 37.8 Å². The van der Waals surface area contributed by atoms with Crippen LogP contribution in [0.15, 0.2) is 30.8 Å². The van der Waals surface area contributed by atoms with Crippen molar-refractivity contribution in [3.05, 3.63) is 42.0 Å². The van der Waals surface area contributed by atoms with E-state index in [9.17, 15) is 0 Å². The zero-order valence-electron chi connectivity index (χ0n) is 8.22. The monoisotopic (exact) mass is 175 g/mol. The summed E-state index contributed by atoms with van der Waals surface area (Å²) in [6.07, 6.45) is 1.96. The van der Waals surface area contributed by atoms with Crippen molar-refractivity contribution < 1.29 is 0 Å². The highest BCUT2D eigenvalue weighted by molar-refractivity contribution is 5.63. The van der Waals surface area contributed by atoms with Gasteiger partial charge in [0.2, 0.25) is 0 Å². The minimum absolute atomic E-state index is 0.676. The lowest BCUT2D eigenvalue weighted by Crippen LogP contribution is -1.99. The van der Waals surface area contributed by atoms with E-state index in [1.54, 1.807) is 0 Å². The molecule has 0 radical (unpaired) electrons. The molecule has 0 aliphatic heterocycles. The number of benzene rings is 1. The molecule has 0 fully saturated rings. The highest BCUT2D eigenvalue weighted by Crippen LogP contribution is 2.16. The zero-order chi connectivity index (χ0) is 9.68. The van der Waals surface area contributed by atoms with E-state index < -0.39 is 0 Å². The molecule has 1 aromatic carbocycles. The van der Waals surface area contributed by atoms with E-state index >= 15 is 0 Å². The van der Waals surface area contributed by atoms with Crippen LogP contribution in [-0.2, 0) is 6.42 Å². The molecule has 0 atom stereocenters. The first-order valence-corrected chi connectivity index (χ1v) is 4.75. The van der Waals surface area contributed by atoms with Crippen molar-refractivity contribution in [3.8, 4) is 0 Å². The Labute approximate surface area is 80.3 Å². The van der Waals surface area contributed by atoms with E-state index in [1.807, 2.05) is 0 Å². The van der Waals surface area contributed by atoms with Gasteiger partial charge in [-0.2, -0.15) is 0 Å². The Morgan fingerprint density at radius 3 is 2.85 bits per heavy atom. The van der Waals surface area contributed by atoms with Gasteiger partial charge in [0.15, 0.2) is 0 Å².